The van der Waals surface area contributed by atoms with Crippen LogP contribution < -0.4 is 11.1 Å². The second kappa shape index (κ2) is 6.39. The quantitative estimate of drug-likeness (QED) is 0.637. The van der Waals surface area contributed by atoms with Crippen molar-refractivity contribution < 1.29 is 22.8 Å². The highest BCUT2D eigenvalue weighted by atomic mass is 19.4. The number of amides is 1. The summed E-state index contributed by atoms with van der Waals surface area (Å²) in [5.41, 5.74) is 5.16. The molecule has 1 atom stereocenters. The number of nitrogens with two attached hydrogens (primary N) is 1. The number of alkyl halides is 3. The molecule has 0 aliphatic rings. The molecule has 7 heteroatoms. The van der Waals surface area contributed by atoms with Crippen LogP contribution in [0.3, 0.4) is 0 Å². The third-order valence-corrected chi connectivity index (χ3v) is 1.65. The van der Waals surface area contributed by atoms with Crippen molar-refractivity contribution >= 4 is 12.2 Å². The van der Waals surface area contributed by atoms with Crippen molar-refractivity contribution in [1.29, 1.82) is 0 Å². The first-order valence-electron chi connectivity index (χ1n) is 4.37. The number of rotatable bonds is 6. The van der Waals surface area contributed by atoms with E-state index in [1.165, 1.54) is 11.6 Å². The molecule has 0 fully saturated rings. The molecule has 1 amide bonds. The zero-order valence-electron chi connectivity index (χ0n) is 7.93. The molecule has 0 aliphatic heterocycles. The van der Waals surface area contributed by atoms with E-state index in [0.29, 0.717) is 19.4 Å². The van der Waals surface area contributed by atoms with E-state index in [0.717, 1.165) is 0 Å². The van der Waals surface area contributed by atoms with Gasteiger partial charge in [0.25, 0.3) is 0 Å². The van der Waals surface area contributed by atoms with Crippen LogP contribution in [-0.2, 0) is 9.59 Å². The third-order valence-electron chi connectivity index (χ3n) is 1.65. The Labute approximate surface area is 85.0 Å². The maximum atomic E-state index is 11.8. The molecule has 0 saturated carbocycles. The Morgan fingerprint density at radius 2 is 2.00 bits per heavy atom. The first kappa shape index (κ1) is 13.9. The fourth-order valence-electron chi connectivity index (χ4n) is 0.893. The zero-order chi connectivity index (χ0) is 11.9. The summed E-state index contributed by atoms with van der Waals surface area (Å²) in [6, 6.07) is -1.22. The van der Waals surface area contributed by atoms with Crippen molar-refractivity contribution in [2.45, 2.75) is 31.5 Å². The minimum absolute atomic E-state index is 0.114. The van der Waals surface area contributed by atoms with Gasteiger partial charge in [-0.2, -0.15) is 13.2 Å². The summed E-state index contributed by atoms with van der Waals surface area (Å²) in [7, 11) is 0. The second-order valence-corrected chi connectivity index (χ2v) is 2.93. The van der Waals surface area contributed by atoms with E-state index < -0.39 is 18.1 Å². The lowest BCUT2D eigenvalue weighted by atomic mass is 10.1. The van der Waals surface area contributed by atoms with Crippen LogP contribution in [-0.4, -0.2) is 31.0 Å². The number of hydrogen-bond donors (Lipinski definition) is 2. The Kier molecular flexibility index (Phi) is 5.92. The molecule has 3 N–H and O–H groups in total. The molecule has 0 bridgehead atoms. The normalized spacial score (nSPS) is 13.3. The Hall–Kier alpha value is -1.11. The molecule has 0 spiro atoms. The molecule has 0 aromatic carbocycles. The van der Waals surface area contributed by atoms with Gasteiger partial charge < -0.3 is 11.1 Å². The maximum Gasteiger partial charge on any atom is 0.471 e. The first-order chi connectivity index (χ1) is 6.91. The lowest BCUT2D eigenvalue weighted by molar-refractivity contribution is -0.174. The highest BCUT2D eigenvalue weighted by molar-refractivity contribution is 5.84. The van der Waals surface area contributed by atoms with E-state index in [2.05, 4.69) is 0 Å². The van der Waals surface area contributed by atoms with Crippen molar-refractivity contribution in [2.24, 2.45) is 5.73 Å². The van der Waals surface area contributed by atoms with E-state index in [4.69, 9.17) is 5.73 Å². The second-order valence-electron chi connectivity index (χ2n) is 2.93. The van der Waals surface area contributed by atoms with Gasteiger partial charge in [0.1, 0.15) is 0 Å². The van der Waals surface area contributed by atoms with E-state index >= 15 is 0 Å². The number of nitrogens with one attached hydrogen (secondary N) is 1. The van der Waals surface area contributed by atoms with Gasteiger partial charge >= 0.3 is 12.1 Å². The summed E-state index contributed by atoms with van der Waals surface area (Å²) in [5, 5.41) is 1.54. The van der Waals surface area contributed by atoms with Crippen LogP contribution in [0.2, 0.25) is 0 Å². The molecule has 0 unspecified atom stereocenters. The van der Waals surface area contributed by atoms with Crippen LogP contribution in [0.5, 0.6) is 0 Å². The maximum absolute atomic E-state index is 11.8. The average molecular weight is 225 g/mol. The van der Waals surface area contributed by atoms with Gasteiger partial charge in [-0.05, 0) is 25.8 Å². The topological polar surface area (TPSA) is 72.2 Å². The Morgan fingerprint density at radius 1 is 1.40 bits per heavy atom. The first-order valence-corrected chi connectivity index (χ1v) is 4.37. The van der Waals surface area contributed by atoms with Crippen LogP contribution in [0, 0.1) is 0 Å². The summed E-state index contributed by atoms with van der Waals surface area (Å²) in [6.07, 6.45) is -2.46. The smallest absolute Gasteiger partial charge is 0.338 e. The highest BCUT2D eigenvalue weighted by Crippen LogP contribution is 2.14. The number of hydrogen-bond acceptors (Lipinski definition) is 3. The van der Waals surface area contributed by atoms with E-state index in [1.54, 1.807) is 0 Å². The minimum Gasteiger partial charge on any atom is -0.338 e. The van der Waals surface area contributed by atoms with Gasteiger partial charge in [0.05, 0.1) is 6.04 Å². The molecule has 0 aromatic heterocycles. The summed E-state index contributed by atoms with van der Waals surface area (Å²) in [6.45, 7) is 0.388. The van der Waals surface area contributed by atoms with Crippen molar-refractivity contribution in [2.75, 3.05) is 6.54 Å². The molecule has 0 rings (SSSR count). The standard InChI is InChI=1S/C8H12F3N2O2/c9-8(10,11)7(15)13-6(5-14)3-1-2-4-12/h6H,1-4,12H2,(H,13,15)/t6-/m0/s1. The molecular weight excluding hydrogens is 213 g/mol. The van der Waals surface area contributed by atoms with Crippen LogP contribution >= 0.6 is 0 Å². The number of halogens is 3. The summed E-state index contributed by atoms with van der Waals surface area (Å²) in [5.74, 6) is -2.12. The Morgan fingerprint density at radius 3 is 2.40 bits per heavy atom. The summed E-state index contributed by atoms with van der Waals surface area (Å²) >= 11 is 0. The number of carbonyl (C=O) groups excluding carboxylic acids is 2. The van der Waals surface area contributed by atoms with Crippen molar-refractivity contribution in [3.05, 3.63) is 0 Å². The number of carbonyl (C=O) groups is 1. The fraction of sp³-hybridized carbons (Fsp3) is 0.750. The monoisotopic (exact) mass is 225 g/mol. The lowest BCUT2D eigenvalue weighted by Crippen LogP contribution is -2.43. The van der Waals surface area contributed by atoms with Gasteiger partial charge in [-0.25, -0.2) is 0 Å². The molecule has 0 saturated heterocycles. The molecule has 4 nitrogen and oxygen atoms in total. The summed E-state index contributed by atoms with van der Waals surface area (Å²) < 4.78 is 35.3. The largest absolute Gasteiger partial charge is 0.471 e. The van der Waals surface area contributed by atoms with Crippen LogP contribution in [0.25, 0.3) is 0 Å². The van der Waals surface area contributed by atoms with Crippen molar-refractivity contribution in [1.82, 2.24) is 5.32 Å². The van der Waals surface area contributed by atoms with Gasteiger partial charge in [0.2, 0.25) is 6.29 Å². The molecule has 87 valence electrons. The van der Waals surface area contributed by atoms with Gasteiger partial charge in [-0.3, -0.25) is 9.59 Å². The third kappa shape index (κ3) is 6.05. The Bertz CT molecular complexity index is 218. The van der Waals surface area contributed by atoms with Crippen LogP contribution in [0.1, 0.15) is 19.3 Å². The van der Waals surface area contributed by atoms with Crippen molar-refractivity contribution in [3.63, 3.8) is 0 Å². The fourth-order valence-corrected chi connectivity index (χ4v) is 0.893. The highest BCUT2D eigenvalue weighted by Gasteiger charge is 2.39. The molecule has 0 aliphatic carbocycles. The molecular formula is C8H12F3N2O2. The van der Waals surface area contributed by atoms with Crippen LogP contribution in [0.15, 0.2) is 0 Å². The van der Waals surface area contributed by atoms with Gasteiger partial charge in [0, 0.05) is 0 Å². The lowest BCUT2D eigenvalue weighted by Gasteiger charge is -2.12. The number of unbranched alkanes of at least 4 members (excludes halogenated alkanes) is 1. The van der Waals surface area contributed by atoms with Crippen molar-refractivity contribution in [3.8, 4) is 0 Å². The molecule has 1 radical (unpaired) electrons. The van der Waals surface area contributed by atoms with E-state index in [1.807, 2.05) is 0 Å². The summed E-state index contributed by atoms with van der Waals surface area (Å²) in [4.78, 5) is 20.7. The Balaban J connectivity index is 3.99. The SMILES string of the molecule is NCCCC[C@@H]([C]=O)NC(=O)C(F)(F)F. The van der Waals surface area contributed by atoms with Gasteiger partial charge in [-0.15, -0.1) is 0 Å². The molecule has 0 heterocycles. The molecule has 15 heavy (non-hydrogen) atoms. The minimum atomic E-state index is -4.97. The van der Waals surface area contributed by atoms with Gasteiger partial charge in [0.15, 0.2) is 0 Å². The predicted molar refractivity (Wildman–Crippen MR) is 46.6 cm³/mol. The van der Waals surface area contributed by atoms with E-state index in [-0.39, 0.29) is 6.42 Å². The van der Waals surface area contributed by atoms with Crippen LogP contribution in [0.4, 0.5) is 13.2 Å². The van der Waals surface area contributed by atoms with E-state index in [9.17, 15) is 22.8 Å². The zero-order valence-corrected chi connectivity index (χ0v) is 7.93. The van der Waals surface area contributed by atoms with Gasteiger partial charge in [-0.1, -0.05) is 0 Å². The average Bonchev–Trinajstić information content (AvgIpc) is 2.14. The molecule has 0 aromatic rings. The predicted octanol–water partition coefficient (Wildman–Crippen LogP) is 0.272.